The fourth-order valence-electron chi connectivity index (χ4n) is 4.61. The summed E-state index contributed by atoms with van der Waals surface area (Å²) in [5, 5.41) is 14.4. The number of carboxylic acid groups (broad SMARTS) is 1. The molecule has 0 radical (unpaired) electrons. The van der Waals surface area contributed by atoms with E-state index in [0.29, 0.717) is 6.04 Å². The van der Waals surface area contributed by atoms with Crippen LogP contribution in [0.15, 0.2) is 97.3 Å². The maximum atomic E-state index is 10.6. The lowest BCUT2D eigenvalue weighted by Gasteiger charge is -2.12. The molecular formula is C32H32F3N3O2. The number of halogens is 3. The van der Waals surface area contributed by atoms with Crippen LogP contribution >= 0.6 is 0 Å². The molecule has 1 aromatic heterocycles. The van der Waals surface area contributed by atoms with Gasteiger partial charge in [-0.3, -0.25) is 4.98 Å². The normalized spacial score (nSPS) is 12.9. The predicted octanol–water partition coefficient (Wildman–Crippen LogP) is 5.97. The van der Waals surface area contributed by atoms with E-state index in [0.717, 1.165) is 38.9 Å². The number of hydrogen-bond donors (Lipinski definition) is 3. The van der Waals surface area contributed by atoms with Crippen LogP contribution in [-0.2, 0) is 37.1 Å². The van der Waals surface area contributed by atoms with E-state index < -0.39 is 12.1 Å². The largest absolute Gasteiger partial charge is 0.490 e. The van der Waals surface area contributed by atoms with Gasteiger partial charge in [-0.05, 0) is 70.8 Å². The lowest BCUT2D eigenvalue weighted by atomic mass is 10.0. The molecule has 5 nitrogen and oxygen atoms in total. The van der Waals surface area contributed by atoms with Crippen molar-refractivity contribution >= 4 is 5.97 Å². The van der Waals surface area contributed by atoms with Crippen molar-refractivity contribution in [3.8, 4) is 11.1 Å². The fraction of sp³-hybridized carbons (Fsp3) is 0.250. The van der Waals surface area contributed by atoms with Gasteiger partial charge in [-0.15, -0.1) is 0 Å². The summed E-state index contributed by atoms with van der Waals surface area (Å²) in [4.78, 5) is 13.1. The first-order valence-corrected chi connectivity index (χ1v) is 13.2. The maximum Gasteiger partial charge on any atom is 0.490 e. The van der Waals surface area contributed by atoms with Gasteiger partial charge in [0.1, 0.15) is 0 Å². The highest BCUT2D eigenvalue weighted by atomic mass is 19.4. The minimum atomic E-state index is -5.08. The van der Waals surface area contributed by atoms with Crippen LogP contribution in [0.2, 0.25) is 0 Å². The van der Waals surface area contributed by atoms with Gasteiger partial charge in [-0.25, -0.2) is 4.79 Å². The van der Waals surface area contributed by atoms with E-state index >= 15 is 0 Å². The Kier molecular flexibility index (Phi) is 10.0. The van der Waals surface area contributed by atoms with Crippen LogP contribution in [-0.4, -0.2) is 34.8 Å². The van der Waals surface area contributed by atoms with Crippen molar-refractivity contribution < 1.29 is 23.1 Å². The van der Waals surface area contributed by atoms with Gasteiger partial charge >= 0.3 is 12.1 Å². The van der Waals surface area contributed by atoms with E-state index in [1.807, 2.05) is 18.5 Å². The molecule has 0 saturated heterocycles. The smallest absolute Gasteiger partial charge is 0.475 e. The Bertz CT molecular complexity index is 1330. The summed E-state index contributed by atoms with van der Waals surface area (Å²) in [6.45, 7) is 2.76. The average Bonchev–Trinajstić information content (AvgIpc) is 3.38. The van der Waals surface area contributed by atoms with Crippen molar-refractivity contribution in [2.75, 3.05) is 6.54 Å². The summed E-state index contributed by atoms with van der Waals surface area (Å²) in [7, 11) is 0. The number of benzene rings is 3. The van der Waals surface area contributed by atoms with Crippen LogP contribution in [0.1, 0.15) is 27.8 Å². The van der Waals surface area contributed by atoms with Crippen molar-refractivity contribution in [3.63, 3.8) is 0 Å². The van der Waals surface area contributed by atoms with Gasteiger partial charge < -0.3 is 15.7 Å². The van der Waals surface area contributed by atoms with Gasteiger partial charge in [-0.1, -0.05) is 78.9 Å². The van der Waals surface area contributed by atoms with Crippen LogP contribution in [0.3, 0.4) is 0 Å². The van der Waals surface area contributed by atoms with E-state index in [1.165, 1.54) is 38.9 Å². The number of aromatic nitrogens is 1. The van der Waals surface area contributed by atoms with Gasteiger partial charge in [0.05, 0.1) is 0 Å². The molecule has 208 valence electrons. The van der Waals surface area contributed by atoms with Crippen molar-refractivity contribution in [1.82, 2.24) is 15.6 Å². The zero-order chi connectivity index (χ0) is 28.4. The average molecular weight is 548 g/mol. The SMILES string of the molecule is O=C(O)C(F)(F)F.c1cncc(CCNCc2ccc(-c3ccc(CNC4Cc5ccccc5C4)cc3)cc2)c1. The summed E-state index contributed by atoms with van der Waals surface area (Å²) in [5.41, 5.74) is 9.44. The van der Waals surface area contributed by atoms with Crippen LogP contribution in [0.4, 0.5) is 13.2 Å². The zero-order valence-corrected chi connectivity index (χ0v) is 22.0. The van der Waals surface area contributed by atoms with Gasteiger partial charge in [0.25, 0.3) is 0 Å². The molecule has 1 aliphatic rings. The van der Waals surface area contributed by atoms with E-state index in [-0.39, 0.29) is 0 Å². The molecule has 0 aliphatic heterocycles. The van der Waals surface area contributed by atoms with Gasteiger partial charge in [0, 0.05) is 31.5 Å². The van der Waals surface area contributed by atoms with E-state index in [1.54, 1.807) is 0 Å². The molecule has 40 heavy (non-hydrogen) atoms. The maximum absolute atomic E-state index is 10.6. The molecule has 4 aromatic rings. The molecule has 5 rings (SSSR count). The minimum absolute atomic E-state index is 0.549. The molecular weight excluding hydrogens is 515 g/mol. The van der Waals surface area contributed by atoms with Gasteiger partial charge in [0.15, 0.2) is 0 Å². The number of carboxylic acids is 1. The Hall–Kier alpha value is -4.01. The third-order valence-corrected chi connectivity index (χ3v) is 6.77. The van der Waals surface area contributed by atoms with Crippen molar-refractivity contribution in [2.45, 2.75) is 44.6 Å². The Labute approximate surface area is 232 Å². The molecule has 3 aromatic carbocycles. The molecule has 1 heterocycles. The van der Waals surface area contributed by atoms with Gasteiger partial charge in [-0.2, -0.15) is 13.2 Å². The highest BCUT2D eigenvalue weighted by Crippen LogP contribution is 2.23. The quantitative estimate of drug-likeness (QED) is 0.225. The van der Waals surface area contributed by atoms with Crippen LogP contribution in [0, 0.1) is 0 Å². The molecule has 0 saturated carbocycles. The number of nitrogens with one attached hydrogen (secondary N) is 2. The molecule has 0 fully saturated rings. The fourth-order valence-corrected chi connectivity index (χ4v) is 4.61. The van der Waals surface area contributed by atoms with Crippen molar-refractivity contribution in [3.05, 3.63) is 125 Å². The number of carbonyl (C=O) groups is 1. The van der Waals surface area contributed by atoms with Crippen LogP contribution in [0.25, 0.3) is 11.1 Å². The second kappa shape index (κ2) is 13.9. The van der Waals surface area contributed by atoms with Crippen molar-refractivity contribution in [1.29, 1.82) is 0 Å². The van der Waals surface area contributed by atoms with Gasteiger partial charge in [0.2, 0.25) is 0 Å². The van der Waals surface area contributed by atoms with Crippen molar-refractivity contribution in [2.24, 2.45) is 0 Å². The highest BCUT2D eigenvalue weighted by Gasteiger charge is 2.38. The number of fused-ring (bicyclic) bond motifs is 1. The molecule has 0 atom stereocenters. The second-order valence-corrected chi connectivity index (χ2v) is 9.74. The first-order valence-electron chi connectivity index (χ1n) is 13.2. The Balaban J connectivity index is 0.000000470. The number of rotatable bonds is 9. The summed E-state index contributed by atoms with van der Waals surface area (Å²) in [6.07, 6.45) is 1.95. The Morgan fingerprint density at radius 3 is 1.85 bits per heavy atom. The first-order chi connectivity index (χ1) is 19.3. The molecule has 0 bridgehead atoms. The summed E-state index contributed by atoms with van der Waals surface area (Å²) < 4.78 is 31.7. The first kappa shape index (κ1) is 29.0. The summed E-state index contributed by atoms with van der Waals surface area (Å²) >= 11 is 0. The third-order valence-electron chi connectivity index (χ3n) is 6.77. The molecule has 8 heteroatoms. The zero-order valence-electron chi connectivity index (χ0n) is 22.0. The lowest BCUT2D eigenvalue weighted by Crippen LogP contribution is -2.28. The topological polar surface area (TPSA) is 74.2 Å². The van der Waals surface area contributed by atoms with E-state index in [9.17, 15) is 13.2 Å². The molecule has 0 unspecified atom stereocenters. The molecule has 1 aliphatic carbocycles. The Morgan fingerprint density at radius 2 is 1.35 bits per heavy atom. The number of nitrogens with zero attached hydrogens (tertiary/aromatic N) is 1. The van der Waals surface area contributed by atoms with E-state index in [4.69, 9.17) is 9.90 Å². The van der Waals surface area contributed by atoms with Crippen LogP contribution in [0.5, 0.6) is 0 Å². The number of pyridine rings is 1. The second-order valence-electron chi connectivity index (χ2n) is 9.74. The number of aliphatic carboxylic acids is 1. The number of hydrogen-bond acceptors (Lipinski definition) is 4. The summed E-state index contributed by atoms with van der Waals surface area (Å²) in [6, 6.07) is 31.3. The van der Waals surface area contributed by atoms with Crippen LogP contribution < -0.4 is 10.6 Å². The monoisotopic (exact) mass is 547 g/mol. The standard InChI is InChI=1S/C30H31N3.C2HF3O2/c1-2-6-29-19-30(18-28(29)5-1)33-22-25-9-13-27(14-10-25)26-11-7-24(8-12-26)21-32-17-15-23-4-3-16-31-20-23;3-2(4,5)1(6)7/h1-14,16,20,30,32-33H,15,17-19,21-22H2;(H,6,7). The lowest BCUT2D eigenvalue weighted by molar-refractivity contribution is -0.192. The predicted molar refractivity (Wildman–Crippen MR) is 150 cm³/mol. The summed E-state index contributed by atoms with van der Waals surface area (Å²) in [5.74, 6) is -2.76. The molecule has 0 spiro atoms. The minimum Gasteiger partial charge on any atom is -0.475 e. The Morgan fingerprint density at radius 1 is 0.800 bits per heavy atom. The molecule has 0 amide bonds. The van der Waals surface area contributed by atoms with E-state index in [2.05, 4.69) is 94.5 Å². The molecule has 3 N–H and O–H groups in total. The number of alkyl halides is 3. The third kappa shape index (κ3) is 8.76. The highest BCUT2D eigenvalue weighted by molar-refractivity contribution is 5.73.